The molecule has 0 radical (unpaired) electrons. The number of amides is 3. The van der Waals surface area contributed by atoms with Crippen LogP contribution in [-0.2, 0) is 10.2 Å². The number of benzene rings is 2. The number of urea groups is 1. The SMILES string of the molecule is CCN(CC(=O)Nc1cc(C(C)(C)C)nn1-c1ccc(Cl)cc1)C(=O)Nc1ccc(C)c(C)c1. The number of hydrogen-bond acceptors (Lipinski definition) is 3. The molecule has 3 rings (SSSR count). The van der Waals surface area contributed by atoms with Gasteiger partial charge in [-0.25, -0.2) is 9.48 Å². The minimum Gasteiger partial charge on any atom is -0.315 e. The summed E-state index contributed by atoms with van der Waals surface area (Å²) < 4.78 is 1.68. The van der Waals surface area contributed by atoms with E-state index in [0.717, 1.165) is 22.5 Å². The zero-order valence-corrected chi connectivity index (χ0v) is 21.3. The lowest BCUT2D eigenvalue weighted by Gasteiger charge is -2.21. The van der Waals surface area contributed by atoms with Gasteiger partial charge in [-0.2, -0.15) is 5.10 Å². The van der Waals surface area contributed by atoms with Crippen LogP contribution in [-0.4, -0.2) is 39.7 Å². The van der Waals surface area contributed by atoms with Crippen molar-refractivity contribution in [2.24, 2.45) is 0 Å². The largest absolute Gasteiger partial charge is 0.322 e. The van der Waals surface area contributed by atoms with Gasteiger partial charge in [0.25, 0.3) is 0 Å². The highest BCUT2D eigenvalue weighted by molar-refractivity contribution is 6.30. The van der Waals surface area contributed by atoms with E-state index in [0.29, 0.717) is 23.1 Å². The molecule has 0 unspecified atom stereocenters. The van der Waals surface area contributed by atoms with Gasteiger partial charge in [-0.05, 0) is 68.3 Å². The van der Waals surface area contributed by atoms with Crippen LogP contribution in [0.15, 0.2) is 48.5 Å². The summed E-state index contributed by atoms with van der Waals surface area (Å²) in [6, 6.07) is 14.5. The minimum atomic E-state index is -0.331. The molecule has 2 aromatic carbocycles. The smallest absolute Gasteiger partial charge is 0.315 e. The Morgan fingerprint density at radius 3 is 2.26 bits per heavy atom. The van der Waals surface area contributed by atoms with Gasteiger partial charge in [-0.15, -0.1) is 0 Å². The van der Waals surface area contributed by atoms with Crippen molar-refractivity contribution < 1.29 is 9.59 Å². The maximum atomic E-state index is 12.9. The van der Waals surface area contributed by atoms with Crippen LogP contribution in [0.1, 0.15) is 44.5 Å². The van der Waals surface area contributed by atoms with Gasteiger partial charge in [0, 0.05) is 28.7 Å². The Bertz CT molecular complexity index is 1180. The fourth-order valence-electron chi connectivity index (χ4n) is 3.32. The van der Waals surface area contributed by atoms with Crippen LogP contribution in [0.5, 0.6) is 0 Å². The van der Waals surface area contributed by atoms with Crippen LogP contribution in [0, 0.1) is 13.8 Å². The molecular formula is C26H32ClN5O2. The molecule has 0 aliphatic heterocycles. The molecule has 2 N–H and O–H groups in total. The Balaban J connectivity index is 1.76. The first-order chi connectivity index (χ1) is 16.0. The molecule has 0 atom stereocenters. The third kappa shape index (κ3) is 6.17. The van der Waals surface area contributed by atoms with Gasteiger partial charge in [0.2, 0.25) is 5.91 Å². The first-order valence-corrected chi connectivity index (χ1v) is 11.6. The van der Waals surface area contributed by atoms with Crippen LogP contribution < -0.4 is 10.6 Å². The lowest BCUT2D eigenvalue weighted by Crippen LogP contribution is -2.40. The third-order valence-electron chi connectivity index (χ3n) is 5.58. The molecule has 0 aliphatic rings. The van der Waals surface area contributed by atoms with E-state index in [2.05, 4.69) is 31.4 Å². The number of aromatic nitrogens is 2. The molecule has 34 heavy (non-hydrogen) atoms. The fourth-order valence-corrected chi connectivity index (χ4v) is 3.45. The normalized spacial score (nSPS) is 11.3. The van der Waals surface area contributed by atoms with E-state index < -0.39 is 0 Å². The maximum absolute atomic E-state index is 12.9. The molecule has 180 valence electrons. The van der Waals surface area contributed by atoms with Gasteiger partial charge in [-0.1, -0.05) is 38.4 Å². The molecule has 7 nitrogen and oxygen atoms in total. The van der Waals surface area contributed by atoms with Crippen LogP contribution in [0.3, 0.4) is 0 Å². The molecule has 0 aliphatic carbocycles. The summed E-state index contributed by atoms with van der Waals surface area (Å²) in [5, 5.41) is 11.1. The van der Waals surface area contributed by atoms with E-state index in [-0.39, 0.29) is 23.9 Å². The summed E-state index contributed by atoms with van der Waals surface area (Å²) >= 11 is 6.04. The van der Waals surface area contributed by atoms with Gasteiger partial charge in [0.05, 0.1) is 11.4 Å². The van der Waals surface area contributed by atoms with E-state index in [1.807, 2.05) is 57.2 Å². The number of rotatable bonds is 6. The van der Waals surface area contributed by atoms with Gasteiger partial charge < -0.3 is 15.5 Å². The van der Waals surface area contributed by atoms with Crippen LogP contribution in [0.4, 0.5) is 16.3 Å². The Morgan fingerprint density at radius 1 is 1.00 bits per heavy atom. The molecule has 3 amide bonds. The Kier molecular flexibility index (Phi) is 7.67. The second-order valence-corrected chi connectivity index (χ2v) is 9.78. The summed E-state index contributed by atoms with van der Waals surface area (Å²) in [7, 11) is 0. The van der Waals surface area contributed by atoms with Crippen molar-refractivity contribution in [2.45, 2.75) is 47.0 Å². The second-order valence-electron chi connectivity index (χ2n) is 9.34. The van der Waals surface area contributed by atoms with E-state index in [1.165, 1.54) is 4.90 Å². The standard InChI is InChI=1S/C26H32ClN5O2/c1-7-31(25(34)28-20-11-8-17(2)18(3)14-20)16-24(33)29-23-15-22(26(4,5)6)30-32(23)21-12-9-19(27)10-13-21/h8-15H,7,16H2,1-6H3,(H,28,34)(H,29,33). The average Bonchev–Trinajstić information content (AvgIpc) is 3.19. The number of anilines is 2. The number of carbonyl (C=O) groups is 2. The van der Waals surface area contributed by atoms with Gasteiger partial charge in [-0.3, -0.25) is 4.79 Å². The quantitative estimate of drug-likeness (QED) is 0.457. The summed E-state index contributed by atoms with van der Waals surface area (Å²) in [5.41, 5.74) is 4.33. The van der Waals surface area contributed by atoms with Crippen molar-refractivity contribution in [3.63, 3.8) is 0 Å². The monoisotopic (exact) mass is 481 g/mol. The van der Waals surface area contributed by atoms with Gasteiger partial charge in [0.1, 0.15) is 12.4 Å². The second kappa shape index (κ2) is 10.3. The molecule has 0 saturated carbocycles. The highest BCUT2D eigenvalue weighted by atomic mass is 35.5. The summed E-state index contributed by atoms with van der Waals surface area (Å²) in [5.74, 6) is 0.218. The molecular weight excluding hydrogens is 450 g/mol. The third-order valence-corrected chi connectivity index (χ3v) is 5.83. The van der Waals surface area contributed by atoms with Crippen molar-refractivity contribution in [1.29, 1.82) is 0 Å². The van der Waals surface area contributed by atoms with Crippen molar-refractivity contribution in [3.05, 3.63) is 70.4 Å². The molecule has 0 saturated heterocycles. The highest BCUT2D eigenvalue weighted by Crippen LogP contribution is 2.27. The molecule has 3 aromatic rings. The Hall–Kier alpha value is -3.32. The number of hydrogen-bond donors (Lipinski definition) is 2. The topological polar surface area (TPSA) is 79.3 Å². The zero-order chi connectivity index (χ0) is 25.0. The predicted octanol–water partition coefficient (Wildman–Crippen LogP) is 5.93. The number of halogens is 1. The van der Waals surface area contributed by atoms with E-state index in [4.69, 9.17) is 16.7 Å². The zero-order valence-electron chi connectivity index (χ0n) is 20.6. The van der Waals surface area contributed by atoms with Crippen molar-refractivity contribution in [1.82, 2.24) is 14.7 Å². The van der Waals surface area contributed by atoms with Crippen molar-refractivity contribution >= 4 is 35.0 Å². The number of carbonyl (C=O) groups excluding carboxylic acids is 2. The van der Waals surface area contributed by atoms with Crippen molar-refractivity contribution in [2.75, 3.05) is 23.7 Å². The maximum Gasteiger partial charge on any atom is 0.322 e. The molecule has 8 heteroatoms. The van der Waals surface area contributed by atoms with Gasteiger partial charge in [0.15, 0.2) is 0 Å². The first-order valence-electron chi connectivity index (χ1n) is 11.3. The van der Waals surface area contributed by atoms with E-state index in [9.17, 15) is 9.59 Å². The van der Waals surface area contributed by atoms with Crippen LogP contribution >= 0.6 is 11.6 Å². The number of aryl methyl sites for hydroxylation is 2. The summed E-state index contributed by atoms with van der Waals surface area (Å²) in [6.45, 7) is 12.3. The predicted molar refractivity (Wildman–Crippen MR) is 138 cm³/mol. The van der Waals surface area contributed by atoms with Crippen LogP contribution in [0.2, 0.25) is 5.02 Å². The number of likely N-dealkylation sites (N-methyl/N-ethyl adjacent to an activating group) is 1. The number of nitrogens with zero attached hydrogens (tertiary/aromatic N) is 3. The molecule has 0 fully saturated rings. The number of nitrogens with one attached hydrogen (secondary N) is 2. The lowest BCUT2D eigenvalue weighted by molar-refractivity contribution is -0.116. The molecule has 0 bridgehead atoms. The summed E-state index contributed by atoms with van der Waals surface area (Å²) in [4.78, 5) is 27.2. The summed E-state index contributed by atoms with van der Waals surface area (Å²) in [6.07, 6.45) is 0. The molecule has 0 spiro atoms. The highest BCUT2D eigenvalue weighted by Gasteiger charge is 2.23. The van der Waals surface area contributed by atoms with E-state index in [1.54, 1.807) is 16.8 Å². The van der Waals surface area contributed by atoms with Crippen molar-refractivity contribution in [3.8, 4) is 5.69 Å². The average molecular weight is 482 g/mol. The minimum absolute atomic E-state index is 0.0934. The fraction of sp³-hybridized carbons (Fsp3) is 0.346. The lowest BCUT2D eigenvalue weighted by atomic mass is 9.92. The molecule has 1 heterocycles. The van der Waals surface area contributed by atoms with Gasteiger partial charge >= 0.3 is 6.03 Å². The van der Waals surface area contributed by atoms with E-state index >= 15 is 0 Å². The Labute approximate surface area is 206 Å². The van der Waals surface area contributed by atoms with Crippen LogP contribution in [0.25, 0.3) is 5.69 Å². The first kappa shape index (κ1) is 25.3. The Morgan fingerprint density at radius 2 is 1.68 bits per heavy atom. The molecule has 1 aromatic heterocycles.